The quantitative estimate of drug-likeness (QED) is 0.726. The molecule has 8 heteroatoms. The topological polar surface area (TPSA) is 89.0 Å². The van der Waals surface area contributed by atoms with Crippen molar-refractivity contribution in [3.63, 3.8) is 0 Å². The second-order valence-electron chi connectivity index (χ2n) is 6.26. The Balaban J connectivity index is 1.38. The van der Waals surface area contributed by atoms with E-state index in [0.29, 0.717) is 5.88 Å². The average Bonchev–Trinajstić information content (AvgIpc) is 3.33. The number of likely N-dealkylation sites (tertiary alicyclic amines) is 1. The van der Waals surface area contributed by atoms with Gasteiger partial charge in [-0.15, -0.1) is 0 Å². The van der Waals surface area contributed by atoms with Crippen LogP contribution >= 0.6 is 0 Å². The van der Waals surface area contributed by atoms with Gasteiger partial charge in [-0.3, -0.25) is 9.88 Å². The summed E-state index contributed by atoms with van der Waals surface area (Å²) in [5.74, 6) is 1.46. The molecule has 1 aliphatic rings. The molecule has 2 atom stereocenters. The van der Waals surface area contributed by atoms with Crippen LogP contribution in [0.25, 0.3) is 0 Å². The fraction of sp³-hybridized carbons (Fsp3) is 0.333. The minimum atomic E-state index is 0.124. The van der Waals surface area contributed by atoms with Crippen molar-refractivity contribution < 1.29 is 9.47 Å². The zero-order valence-electron chi connectivity index (χ0n) is 14.4. The van der Waals surface area contributed by atoms with E-state index in [9.17, 15) is 0 Å². The van der Waals surface area contributed by atoms with Crippen LogP contribution in [0.2, 0.25) is 0 Å². The number of aromatic nitrogens is 5. The van der Waals surface area contributed by atoms with Crippen LogP contribution in [-0.4, -0.2) is 56.6 Å². The Morgan fingerprint density at radius 2 is 2.04 bits per heavy atom. The van der Waals surface area contributed by atoms with E-state index in [0.717, 1.165) is 31.1 Å². The zero-order valence-corrected chi connectivity index (χ0v) is 14.4. The minimum Gasteiger partial charge on any atom is -0.438 e. The summed E-state index contributed by atoms with van der Waals surface area (Å²) >= 11 is 0. The fourth-order valence-corrected chi connectivity index (χ4v) is 3.27. The Labute approximate surface area is 151 Å². The number of benzene rings is 1. The lowest BCUT2D eigenvalue weighted by atomic mass is 10.0. The molecule has 1 fully saturated rings. The molecule has 0 spiro atoms. The first kappa shape index (κ1) is 16.6. The number of methoxy groups -OCH3 is 1. The second-order valence-corrected chi connectivity index (χ2v) is 6.26. The van der Waals surface area contributed by atoms with Crippen LogP contribution in [-0.2, 0) is 11.3 Å². The average molecular weight is 352 g/mol. The Morgan fingerprint density at radius 1 is 1.15 bits per heavy atom. The molecular weight excluding hydrogens is 332 g/mol. The molecular formula is C18H20N6O2. The van der Waals surface area contributed by atoms with Gasteiger partial charge in [0.1, 0.15) is 5.75 Å². The maximum absolute atomic E-state index is 5.68. The summed E-state index contributed by atoms with van der Waals surface area (Å²) in [7, 11) is 1.75. The molecule has 0 bridgehead atoms. The smallest absolute Gasteiger partial charge is 0.237 e. The maximum atomic E-state index is 5.68. The molecule has 4 rings (SSSR count). The van der Waals surface area contributed by atoms with Crippen molar-refractivity contribution in [1.82, 2.24) is 30.3 Å². The number of H-pyrrole nitrogens is 1. The van der Waals surface area contributed by atoms with Crippen molar-refractivity contribution in [2.75, 3.05) is 20.2 Å². The van der Waals surface area contributed by atoms with Crippen LogP contribution in [0.3, 0.4) is 0 Å². The number of nitrogens with one attached hydrogen (secondary N) is 1. The van der Waals surface area contributed by atoms with Crippen LogP contribution in [0.1, 0.15) is 17.2 Å². The Kier molecular flexibility index (Phi) is 4.85. The van der Waals surface area contributed by atoms with E-state index < -0.39 is 0 Å². The van der Waals surface area contributed by atoms with Gasteiger partial charge in [-0.1, -0.05) is 12.1 Å². The summed E-state index contributed by atoms with van der Waals surface area (Å²) in [5, 5.41) is 10.8. The van der Waals surface area contributed by atoms with Gasteiger partial charge in [-0.05, 0) is 17.7 Å². The molecule has 3 aromatic rings. The van der Waals surface area contributed by atoms with Gasteiger partial charge in [0.25, 0.3) is 0 Å². The van der Waals surface area contributed by atoms with Gasteiger partial charge in [0.15, 0.2) is 0 Å². The molecule has 0 aliphatic carbocycles. The van der Waals surface area contributed by atoms with Gasteiger partial charge >= 0.3 is 0 Å². The molecule has 8 nitrogen and oxygen atoms in total. The largest absolute Gasteiger partial charge is 0.438 e. The predicted octanol–water partition coefficient (Wildman–Crippen LogP) is 2.00. The molecule has 1 aromatic carbocycles. The van der Waals surface area contributed by atoms with Crippen molar-refractivity contribution in [2.45, 2.75) is 18.6 Å². The second kappa shape index (κ2) is 7.59. The minimum absolute atomic E-state index is 0.124. The molecule has 1 N–H and O–H groups in total. The Morgan fingerprint density at radius 3 is 2.73 bits per heavy atom. The van der Waals surface area contributed by atoms with Gasteiger partial charge in [-0.25, -0.2) is 4.98 Å². The van der Waals surface area contributed by atoms with E-state index in [1.807, 2.05) is 12.1 Å². The van der Waals surface area contributed by atoms with Gasteiger partial charge in [0.2, 0.25) is 5.88 Å². The molecule has 2 aromatic heterocycles. The van der Waals surface area contributed by atoms with E-state index in [2.05, 4.69) is 42.4 Å². The van der Waals surface area contributed by atoms with Crippen molar-refractivity contribution in [3.05, 3.63) is 60.3 Å². The molecule has 0 radical (unpaired) electrons. The van der Waals surface area contributed by atoms with Crippen molar-refractivity contribution >= 4 is 0 Å². The fourth-order valence-electron chi connectivity index (χ4n) is 3.27. The van der Waals surface area contributed by atoms with Crippen molar-refractivity contribution in [1.29, 1.82) is 0 Å². The van der Waals surface area contributed by atoms with Gasteiger partial charge in [0, 0.05) is 45.1 Å². The third kappa shape index (κ3) is 3.71. The normalized spacial score (nSPS) is 20.3. The lowest BCUT2D eigenvalue weighted by molar-refractivity contribution is 0.0957. The lowest BCUT2D eigenvalue weighted by Crippen LogP contribution is -2.22. The van der Waals surface area contributed by atoms with Gasteiger partial charge in [0.05, 0.1) is 24.2 Å². The summed E-state index contributed by atoms with van der Waals surface area (Å²) in [6.45, 7) is 2.61. The predicted molar refractivity (Wildman–Crippen MR) is 93.7 cm³/mol. The maximum Gasteiger partial charge on any atom is 0.237 e. The molecule has 0 unspecified atom stereocenters. The summed E-state index contributed by atoms with van der Waals surface area (Å²) in [6.07, 6.45) is 6.71. The first-order valence-electron chi connectivity index (χ1n) is 8.45. The first-order chi connectivity index (χ1) is 12.8. The molecule has 26 heavy (non-hydrogen) atoms. The highest BCUT2D eigenvalue weighted by atomic mass is 16.5. The third-order valence-corrected chi connectivity index (χ3v) is 4.55. The van der Waals surface area contributed by atoms with Crippen molar-refractivity contribution in [2.24, 2.45) is 0 Å². The van der Waals surface area contributed by atoms with Crippen LogP contribution in [0.4, 0.5) is 0 Å². The van der Waals surface area contributed by atoms with E-state index in [1.54, 1.807) is 31.9 Å². The lowest BCUT2D eigenvalue weighted by Gasteiger charge is -2.15. The van der Waals surface area contributed by atoms with Gasteiger partial charge in [-0.2, -0.15) is 15.4 Å². The van der Waals surface area contributed by atoms with E-state index in [1.165, 1.54) is 5.56 Å². The Bertz CT molecular complexity index is 809. The summed E-state index contributed by atoms with van der Waals surface area (Å²) in [6, 6.07) is 8.03. The van der Waals surface area contributed by atoms with Gasteiger partial charge < -0.3 is 9.47 Å². The molecule has 1 aliphatic heterocycles. The highest BCUT2D eigenvalue weighted by Gasteiger charge is 2.35. The van der Waals surface area contributed by atoms with Crippen LogP contribution in [0.5, 0.6) is 11.6 Å². The molecule has 134 valence electrons. The van der Waals surface area contributed by atoms with E-state index >= 15 is 0 Å². The third-order valence-electron chi connectivity index (χ3n) is 4.55. The number of hydrogen-bond acceptors (Lipinski definition) is 7. The monoisotopic (exact) mass is 352 g/mol. The molecule has 3 heterocycles. The Hall–Kier alpha value is -2.84. The molecule has 0 saturated carbocycles. The highest BCUT2D eigenvalue weighted by Crippen LogP contribution is 2.29. The number of rotatable bonds is 6. The summed E-state index contributed by atoms with van der Waals surface area (Å²) < 4.78 is 11.3. The zero-order chi connectivity index (χ0) is 17.8. The highest BCUT2D eigenvalue weighted by molar-refractivity contribution is 5.30. The SMILES string of the molecule is CO[C@@H]1CN(Cc2ccc(Oc3cnccn3)cc2)C[C@H]1c1cn[nH]n1. The number of ether oxygens (including phenoxy) is 2. The summed E-state index contributed by atoms with van der Waals surface area (Å²) in [5.41, 5.74) is 2.17. The van der Waals surface area contributed by atoms with Crippen molar-refractivity contribution in [3.8, 4) is 11.6 Å². The van der Waals surface area contributed by atoms with Crippen LogP contribution in [0.15, 0.2) is 49.1 Å². The van der Waals surface area contributed by atoms with Crippen LogP contribution in [0, 0.1) is 0 Å². The molecule has 0 amide bonds. The summed E-state index contributed by atoms with van der Waals surface area (Å²) in [4.78, 5) is 10.5. The van der Waals surface area contributed by atoms with E-state index in [-0.39, 0.29) is 12.0 Å². The standard InChI is InChI=1S/C18H20N6O2/c1-25-17-12-24(11-15(17)16-8-21-23-22-16)10-13-2-4-14(5-3-13)26-18-9-19-6-7-20-18/h2-9,15,17H,10-12H2,1H3,(H,21,22,23)/t15-,17+/m0/s1. The number of hydrogen-bond donors (Lipinski definition) is 1. The first-order valence-corrected chi connectivity index (χ1v) is 8.45. The molecule has 1 saturated heterocycles. The number of aromatic amines is 1. The van der Waals surface area contributed by atoms with E-state index in [4.69, 9.17) is 9.47 Å². The van der Waals surface area contributed by atoms with Crippen LogP contribution < -0.4 is 4.74 Å². The number of nitrogens with zero attached hydrogens (tertiary/aromatic N) is 5.